The quantitative estimate of drug-likeness (QED) is 0.793. The fourth-order valence-corrected chi connectivity index (χ4v) is 2.86. The van der Waals surface area contributed by atoms with Gasteiger partial charge in [-0.3, -0.25) is 5.32 Å². The second-order valence-electron chi connectivity index (χ2n) is 6.46. The lowest BCUT2D eigenvalue weighted by Gasteiger charge is -2.33. The molecule has 1 N–H and O–H groups in total. The molecule has 1 aliphatic rings. The lowest BCUT2D eigenvalue weighted by Crippen LogP contribution is -2.52. The fraction of sp³-hybridized carbons (Fsp3) is 0.929. The van der Waals surface area contributed by atoms with Gasteiger partial charge < -0.3 is 0 Å². The van der Waals surface area contributed by atoms with E-state index in [9.17, 15) is 5.26 Å². The Morgan fingerprint density at radius 3 is 2.56 bits per heavy atom. The summed E-state index contributed by atoms with van der Waals surface area (Å²) in [7, 11) is 0. The molecule has 1 fully saturated rings. The number of nitrogens with zero attached hydrogens (tertiary/aromatic N) is 1. The van der Waals surface area contributed by atoms with Gasteiger partial charge in [-0.1, -0.05) is 20.3 Å². The summed E-state index contributed by atoms with van der Waals surface area (Å²) in [6.45, 7) is 11.0. The minimum Gasteiger partial charge on any atom is -0.295 e. The zero-order chi connectivity index (χ0) is 12.4. The van der Waals surface area contributed by atoms with E-state index in [0.29, 0.717) is 0 Å². The Morgan fingerprint density at radius 2 is 2.12 bits per heavy atom. The van der Waals surface area contributed by atoms with E-state index in [-0.39, 0.29) is 11.1 Å². The molecule has 0 heterocycles. The molecule has 1 rings (SSSR count). The average molecular weight is 222 g/mol. The molecule has 3 atom stereocenters. The van der Waals surface area contributed by atoms with Gasteiger partial charge in [0.25, 0.3) is 0 Å². The maximum atomic E-state index is 9.44. The van der Waals surface area contributed by atoms with Gasteiger partial charge in [-0.05, 0) is 51.9 Å². The van der Waals surface area contributed by atoms with Gasteiger partial charge in [0.1, 0.15) is 5.54 Å². The van der Waals surface area contributed by atoms with Crippen molar-refractivity contribution in [1.29, 1.82) is 5.26 Å². The Balaban J connectivity index is 2.69. The van der Waals surface area contributed by atoms with Crippen LogP contribution in [0.3, 0.4) is 0 Å². The van der Waals surface area contributed by atoms with Crippen molar-refractivity contribution < 1.29 is 0 Å². The van der Waals surface area contributed by atoms with Crippen LogP contribution in [-0.4, -0.2) is 11.1 Å². The molecule has 92 valence electrons. The summed E-state index contributed by atoms with van der Waals surface area (Å²) < 4.78 is 0. The monoisotopic (exact) mass is 222 g/mol. The Hall–Kier alpha value is -0.550. The summed E-state index contributed by atoms with van der Waals surface area (Å²) in [4.78, 5) is 0. The van der Waals surface area contributed by atoms with E-state index >= 15 is 0 Å². The smallest absolute Gasteiger partial charge is 0.107 e. The second-order valence-corrected chi connectivity index (χ2v) is 6.46. The van der Waals surface area contributed by atoms with Crippen LogP contribution in [0.15, 0.2) is 0 Å². The van der Waals surface area contributed by atoms with Crippen molar-refractivity contribution >= 4 is 0 Å². The van der Waals surface area contributed by atoms with Crippen LogP contribution in [0, 0.1) is 23.2 Å². The molecule has 2 heteroatoms. The van der Waals surface area contributed by atoms with E-state index in [2.05, 4.69) is 46.0 Å². The average Bonchev–Trinajstić information content (AvgIpc) is 2.59. The molecule has 0 amide bonds. The van der Waals surface area contributed by atoms with E-state index in [0.717, 1.165) is 24.7 Å². The topological polar surface area (TPSA) is 35.8 Å². The minimum absolute atomic E-state index is 0.0278. The number of hydrogen-bond donors (Lipinski definition) is 1. The van der Waals surface area contributed by atoms with Crippen LogP contribution in [0.5, 0.6) is 0 Å². The highest BCUT2D eigenvalue weighted by molar-refractivity contribution is 5.13. The standard InChI is InChI=1S/C14H26N2/c1-6-11(2)12-7-8-14(9-12,10-15)16-13(3,4)5/h11-12,16H,6-9H2,1-5H3. The number of nitriles is 1. The number of nitrogens with one attached hydrogen (secondary N) is 1. The van der Waals surface area contributed by atoms with Crippen molar-refractivity contribution in [3.8, 4) is 6.07 Å². The molecule has 0 aromatic heterocycles. The molecule has 1 saturated carbocycles. The lowest BCUT2D eigenvalue weighted by atomic mass is 9.87. The largest absolute Gasteiger partial charge is 0.295 e. The minimum atomic E-state index is -0.271. The van der Waals surface area contributed by atoms with Crippen molar-refractivity contribution in [2.75, 3.05) is 0 Å². The maximum Gasteiger partial charge on any atom is 0.107 e. The van der Waals surface area contributed by atoms with Crippen LogP contribution in [0.2, 0.25) is 0 Å². The van der Waals surface area contributed by atoms with Gasteiger partial charge in [-0.25, -0.2) is 0 Å². The van der Waals surface area contributed by atoms with Gasteiger partial charge in [0.2, 0.25) is 0 Å². The molecule has 0 spiro atoms. The Bertz CT molecular complexity index is 271. The summed E-state index contributed by atoms with van der Waals surface area (Å²) in [5.74, 6) is 1.47. The number of rotatable bonds is 3. The fourth-order valence-electron chi connectivity index (χ4n) is 2.86. The van der Waals surface area contributed by atoms with Gasteiger partial charge in [-0.2, -0.15) is 5.26 Å². The van der Waals surface area contributed by atoms with Crippen molar-refractivity contribution in [1.82, 2.24) is 5.32 Å². The third-order valence-electron chi connectivity index (χ3n) is 3.83. The molecule has 3 unspecified atom stereocenters. The van der Waals surface area contributed by atoms with Crippen LogP contribution in [0.25, 0.3) is 0 Å². The molecular formula is C14H26N2. The molecule has 0 saturated heterocycles. The summed E-state index contributed by atoms with van der Waals surface area (Å²) in [6, 6.07) is 2.53. The molecule has 2 nitrogen and oxygen atoms in total. The highest BCUT2D eigenvalue weighted by atomic mass is 15.0. The third-order valence-corrected chi connectivity index (χ3v) is 3.83. The highest BCUT2D eigenvalue weighted by Crippen LogP contribution is 2.40. The first-order chi connectivity index (χ1) is 7.32. The van der Waals surface area contributed by atoms with Crippen LogP contribution in [-0.2, 0) is 0 Å². The van der Waals surface area contributed by atoms with E-state index in [1.807, 2.05) is 0 Å². The van der Waals surface area contributed by atoms with E-state index < -0.39 is 0 Å². The maximum absolute atomic E-state index is 9.44. The molecule has 0 aliphatic heterocycles. The summed E-state index contributed by atoms with van der Waals surface area (Å²) in [5, 5.41) is 13.0. The second kappa shape index (κ2) is 4.75. The molecule has 1 aliphatic carbocycles. The van der Waals surface area contributed by atoms with E-state index in [1.165, 1.54) is 12.8 Å². The predicted molar refractivity (Wildman–Crippen MR) is 68.0 cm³/mol. The summed E-state index contributed by atoms with van der Waals surface area (Å²) >= 11 is 0. The first-order valence-electron chi connectivity index (χ1n) is 6.52. The van der Waals surface area contributed by atoms with Crippen molar-refractivity contribution in [3.63, 3.8) is 0 Å². The summed E-state index contributed by atoms with van der Waals surface area (Å²) in [5.41, 5.74) is -0.244. The molecule has 0 bridgehead atoms. The third kappa shape index (κ3) is 3.22. The van der Waals surface area contributed by atoms with Crippen LogP contribution < -0.4 is 5.32 Å². The first kappa shape index (κ1) is 13.5. The van der Waals surface area contributed by atoms with Gasteiger partial charge in [0.15, 0.2) is 0 Å². The van der Waals surface area contributed by atoms with E-state index in [1.54, 1.807) is 0 Å². The van der Waals surface area contributed by atoms with Crippen molar-refractivity contribution in [2.45, 2.75) is 71.4 Å². The van der Waals surface area contributed by atoms with E-state index in [4.69, 9.17) is 0 Å². The lowest BCUT2D eigenvalue weighted by molar-refractivity contribution is 0.278. The normalized spacial score (nSPS) is 32.4. The molecular weight excluding hydrogens is 196 g/mol. The Morgan fingerprint density at radius 1 is 1.50 bits per heavy atom. The van der Waals surface area contributed by atoms with Gasteiger partial charge in [-0.15, -0.1) is 0 Å². The van der Waals surface area contributed by atoms with Gasteiger partial charge >= 0.3 is 0 Å². The van der Waals surface area contributed by atoms with Crippen molar-refractivity contribution in [2.24, 2.45) is 11.8 Å². The van der Waals surface area contributed by atoms with Crippen molar-refractivity contribution in [3.05, 3.63) is 0 Å². The number of hydrogen-bond acceptors (Lipinski definition) is 2. The SMILES string of the molecule is CCC(C)C1CCC(C#N)(NC(C)(C)C)C1. The zero-order valence-corrected chi connectivity index (χ0v) is 11.4. The van der Waals surface area contributed by atoms with Crippen LogP contribution in [0.1, 0.15) is 60.3 Å². The first-order valence-corrected chi connectivity index (χ1v) is 6.52. The van der Waals surface area contributed by atoms with Gasteiger partial charge in [0, 0.05) is 5.54 Å². The van der Waals surface area contributed by atoms with Crippen LogP contribution >= 0.6 is 0 Å². The highest BCUT2D eigenvalue weighted by Gasteiger charge is 2.42. The van der Waals surface area contributed by atoms with Crippen LogP contribution in [0.4, 0.5) is 0 Å². The molecule has 0 aromatic rings. The molecule has 16 heavy (non-hydrogen) atoms. The Labute approximate surface area is 100 Å². The molecule has 0 aromatic carbocycles. The summed E-state index contributed by atoms with van der Waals surface area (Å²) in [6.07, 6.45) is 4.46. The van der Waals surface area contributed by atoms with Gasteiger partial charge in [0.05, 0.1) is 6.07 Å². The predicted octanol–water partition coefficient (Wildman–Crippen LogP) is 3.48. The zero-order valence-electron chi connectivity index (χ0n) is 11.4. The molecule has 0 radical (unpaired) electrons. The Kier molecular flexibility index (Phi) is 4.02.